The summed E-state index contributed by atoms with van der Waals surface area (Å²) in [5.74, 6) is 0.970. The van der Waals surface area contributed by atoms with E-state index in [1.54, 1.807) is 0 Å². The molecule has 0 aromatic heterocycles. The second-order valence-corrected chi connectivity index (χ2v) is 6.53. The van der Waals surface area contributed by atoms with Crippen LogP contribution < -0.4 is 10.6 Å². The number of hydrogen-bond acceptors (Lipinski definition) is 4. The summed E-state index contributed by atoms with van der Waals surface area (Å²) in [4.78, 5) is 14.4. The van der Waals surface area contributed by atoms with Gasteiger partial charge in [0.1, 0.15) is 0 Å². The van der Waals surface area contributed by atoms with Crippen LogP contribution in [0.1, 0.15) is 24.8 Å². The predicted octanol–water partition coefficient (Wildman–Crippen LogP) is 1.85. The van der Waals surface area contributed by atoms with Gasteiger partial charge < -0.3 is 15.4 Å². The molecule has 2 aliphatic rings. The SMILES string of the molecule is O=C(CCN1CCOCC1)Nc1cccc(CNCC2CC2)c1. The molecule has 5 heteroatoms. The lowest BCUT2D eigenvalue weighted by Gasteiger charge is -2.26. The number of benzene rings is 1. The first-order valence-corrected chi connectivity index (χ1v) is 8.69. The van der Waals surface area contributed by atoms with Gasteiger partial charge in [0.2, 0.25) is 5.91 Å². The fraction of sp³-hybridized carbons (Fsp3) is 0.611. The van der Waals surface area contributed by atoms with Gasteiger partial charge in [0, 0.05) is 38.3 Å². The molecule has 0 spiro atoms. The molecule has 0 radical (unpaired) electrons. The summed E-state index contributed by atoms with van der Waals surface area (Å²) >= 11 is 0. The maximum atomic E-state index is 12.1. The van der Waals surface area contributed by atoms with Gasteiger partial charge in [0.25, 0.3) is 0 Å². The van der Waals surface area contributed by atoms with E-state index in [0.717, 1.165) is 57.5 Å². The molecule has 126 valence electrons. The van der Waals surface area contributed by atoms with Crippen molar-refractivity contribution in [2.24, 2.45) is 5.92 Å². The van der Waals surface area contributed by atoms with E-state index in [2.05, 4.69) is 27.7 Å². The number of hydrogen-bond donors (Lipinski definition) is 2. The Morgan fingerprint density at radius 3 is 2.87 bits per heavy atom. The predicted molar refractivity (Wildman–Crippen MR) is 91.4 cm³/mol. The highest BCUT2D eigenvalue weighted by Crippen LogP contribution is 2.27. The molecule has 1 amide bonds. The fourth-order valence-electron chi connectivity index (χ4n) is 2.81. The van der Waals surface area contributed by atoms with Crippen molar-refractivity contribution in [3.63, 3.8) is 0 Å². The standard InChI is InChI=1S/C18H27N3O2/c22-18(6-7-21-8-10-23-11-9-21)20-17-3-1-2-16(12-17)14-19-13-15-4-5-15/h1-3,12,15,19H,4-11,13-14H2,(H,20,22). The van der Waals surface area contributed by atoms with Crippen molar-refractivity contribution in [3.8, 4) is 0 Å². The quantitative estimate of drug-likeness (QED) is 0.768. The highest BCUT2D eigenvalue weighted by atomic mass is 16.5. The Labute approximate surface area is 138 Å². The van der Waals surface area contributed by atoms with E-state index >= 15 is 0 Å². The molecule has 23 heavy (non-hydrogen) atoms. The molecule has 1 aromatic rings. The Kier molecular flexibility index (Phi) is 6.02. The van der Waals surface area contributed by atoms with Gasteiger partial charge in [-0.05, 0) is 43.0 Å². The molecule has 1 aliphatic carbocycles. The second-order valence-electron chi connectivity index (χ2n) is 6.53. The molecular formula is C18H27N3O2. The van der Waals surface area contributed by atoms with Crippen molar-refractivity contribution in [1.29, 1.82) is 0 Å². The number of rotatable bonds is 8. The minimum Gasteiger partial charge on any atom is -0.379 e. The third-order valence-corrected chi connectivity index (χ3v) is 4.43. The molecule has 3 rings (SSSR count). The molecule has 1 heterocycles. The van der Waals surface area contributed by atoms with Crippen LogP contribution in [0.15, 0.2) is 24.3 Å². The van der Waals surface area contributed by atoms with Crippen LogP contribution >= 0.6 is 0 Å². The average Bonchev–Trinajstić information content (AvgIpc) is 3.39. The van der Waals surface area contributed by atoms with Crippen LogP contribution in [-0.4, -0.2) is 50.2 Å². The van der Waals surface area contributed by atoms with Gasteiger partial charge in [-0.1, -0.05) is 12.1 Å². The van der Waals surface area contributed by atoms with Crippen LogP contribution in [0, 0.1) is 5.92 Å². The van der Waals surface area contributed by atoms with E-state index in [0.29, 0.717) is 6.42 Å². The Bertz CT molecular complexity index is 511. The zero-order chi connectivity index (χ0) is 15.9. The van der Waals surface area contributed by atoms with Gasteiger partial charge in [-0.2, -0.15) is 0 Å². The summed E-state index contributed by atoms with van der Waals surface area (Å²) in [6, 6.07) is 8.12. The Balaban J connectivity index is 1.39. The maximum absolute atomic E-state index is 12.1. The van der Waals surface area contributed by atoms with Crippen LogP contribution in [0.25, 0.3) is 0 Å². The maximum Gasteiger partial charge on any atom is 0.225 e. The molecule has 1 aliphatic heterocycles. The molecule has 0 atom stereocenters. The van der Waals surface area contributed by atoms with Crippen molar-refractivity contribution in [3.05, 3.63) is 29.8 Å². The van der Waals surface area contributed by atoms with E-state index in [1.807, 2.05) is 12.1 Å². The lowest BCUT2D eigenvalue weighted by molar-refractivity contribution is -0.116. The highest BCUT2D eigenvalue weighted by molar-refractivity contribution is 5.90. The second kappa shape index (κ2) is 8.43. The molecule has 0 unspecified atom stereocenters. The lowest BCUT2D eigenvalue weighted by Crippen LogP contribution is -2.38. The van der Waals surface area contributed by atoms with E-state index < -0.39 is 0 Å². The smallest absolute Gasteiger partial charge is 0.225 e. The number of carbonyl (C=O) groups is 1. The van der Waals surface area contributed by atoms with Crippen LogP contribution in [0.5, 0.6) is 0 Å². The van der Waals surface area contributed by atoms with Gasteiger partial charge in [0.15, 0.2) is 0 Å². The number of morpholine rings is 1. The number of nitrogens with zero attached hydrogens (tertiary/aromatic N) is 1. The Morgan fingerprint density at radius 1 is 1.26 bits per heavy atom. The molecule has 2 N–H and O–H groups in total. The monoisotopic (exact) mass is 317 g/mol. The van der Waals surface area contributed by atoms with Crippen molar-refractivity contribution in [2.45, 2.75) is 25.8 Å². The molecule has 1 saturated heterocycles. The first kappa shape index (κ1) is 16.4. The summed E-state index contributed by atoms with van der Waals surface area (Å²) in [6.45, 7) is 6.18. The summed E-state index contributed by atoms with van der Waals surface area (Å²) < 4.78 is 5.32. The zero-order valence-corrected chi connectivity index (χ0v) is 13.7. The first-order chi connectivity index (χ1) is 11.3. The number of anilines is 1. The Hall–Kier alpha value is -1.43. The third kappa shape index (κ3) is 5.94. The van der Waals surface area contributed by atoms with Crippen molar-refractivity contribution in [2.75, 3.05) is 44.7 Å². The topological polar surface area (TPSA) is 53.6 Å². The van der Waals surface area contributed by atoms with Crippen molar-refractivity contribution < 1.29 is 9.53 Å². The van der Waals surface area contributed by atoms with E-state index in [-0.39, 0.29) is 5.91 Å². The molecule has 5 nitrogen and oxygen atoms in total. The van der Waals surface area contributed by atoms with E-state index in [4.69, 9.17) is 4.74 Å². The number of carbonyl (C=O) groups excluding carboxylic acids is 1. The molecular weight excluding hydrogens is 290 g/mol. The normalized spacial score (nSPS) is 18.8. The molecule has 1 saturated carbocycles. The van der Waals surface area contributed by atoms with Gasteiger partial charge in [-0.3, -0.25) is 9.69 Å². The van der Waals surface area contributed by atoms with E-state index in [9.17, 15) is 4.79 Å². The number of ether oxygens (including phenoxy) is 1. The average molecular weight is 317 g/mol. The van der Waals surface area contributed by atoms with Crippen LogP contribution in [-0.2, 0) is 16.1 Å². The summed E-state index contributed by atoms with van der Waals surface area (Å²) in [6.07, 6.45) is 3.27. The highest BCUT2D eigenvalue weighted by Gasteiger charge is 2.20. The Morgan fingerprint density at radius 2 is 2.09 bits per heavy atom. The van der Waals surface area contributed by atoms with Crippen LogP contribution in [0.4, 0.5) is 5.69 Å². The molecule has 0 bridgehead atoms. The van der Waals surface area contributed by atoms with Gasteiger partial charge in [-0.25, -0.2) is 0 Å². The third-order valence-electron chi connectivity index (χ3n) is 4.43. The molecule has 1 aromatic carbocycles. The zero-order valence-electron chi connectivity index (χ0n) is 13.7. The van der Waals surface area contributed by atoms with Gasteiger partial charge >= 0.3 is 0 Å². The first-order valence-electron chi connectivity index (χ1n) is 8.69. The minimum atomic E-state index is 0.0829. The minimum absolute atomic E-state index is 0.0829. The molecule has 2 fully saturated rings. The van der Waals surface area contributed by atoms with Gasteiger partial charge in [-0.15, -0.1) is 0 Å². The summed E-state index contributed by atoms with van der Waals surface area (Å²) in [5, 5.41) is 6.49. The van der Waals surface area contributed by atoms with Crippen LogP contribution in [0.3, 0.4) is 0 Å². The number of nitrogens with one attached hydrogen (secondary N) is 2. The van der Waals surface area contributed by atoms with Gasteiger partial charge in [0.05, 0.1) is 13.2 Å². The largest absolute Gasteiger partial charge is 0.379 e. The summed E-state index contributed by atoms with van der Waals surface area (Å²) in [5.41, 5.74) is 2.11. The number of amides is 1. The van der Waals surface area contributed by atoms with Crippen LogP contribution in [0.2, 0.25) is 0 Å². The summed E-state index contributed by atoms with van der Waals surface area (Å²) in [7, 11) is 0. The van der Waals surface area contributed by atoms with Crippen molar-refractivity contribution in [1.82, 2.24) is 10.2 Å². The fourth-order valence-corrected chi connectivity index (χ4v) is 2.81. The van der Waals surface area contributed by atoms with E-state index in [1.165, 1.54) is 18.4 Å². The van der Waals surface area contributed by atoms with Crippen molar-refractivity contribution >= 4 is 11.6 Å². The lowest BCUT2D eigenvalue weighted by atomic mass is 10.2.